The van der Waals surface area contributed by atoms with Crippen molar-refractivity contribution in [2.45, 2.75) is 26.3 Å². The number of alkyl halides is 1. The predicted molar refractivity (Wildman–Crippen MR) is 56.5 cm³/mol. The molecule has 0 unspecified atom stereocenters. The first kappa shape index (κ1) is 14.1. The maximum absolute atomic E-state index is 9.68. The van der Waals surface area contributed by atoms with Gasteiger partial charge < -0.3 is 5.32 Å². The normalized spacial score (nSPS) is 10.0. The molecule has 0 amide bonds. The molecular formula is C7H15Br2NO. The zero-order valence-corrected chi connectivity index (χ0v) is 10.5. The summed E-state index contributed by atoms with van der Waals surface area (Å²) in [5.74, 6) is 0. The minimum absolute atomic E-state index is 0.0162. The highest BCUT2D eigenvalue weighted by atomic mass is 79.9. The molecule has 0 aliphatic rings. The summed E-state index contributed by atoms with van der Waals surface area (Å²) in [4.78, 5) is 9.68. The summed E-state index contributed by atoms with van der Waals surface area (Å²) in [6, 6.07) is 0. The van der Waals surface area contributed by atoms with Crippen LogP contribution in [0.2, 0.25) is 0 Å². The van der Waals surface area contributed by atoms with Crippen LogP contribution in [-0.4, -0.2) is 22.6 Å². The second-order valence-corrected chi connectivity index (χ2v) is 4.43. The third-order valence-corrected chi connectivity index (χ3v) is 2.40. The third-order valence-electron chi connectivity index (χ3n) is 0.855. The topological polar surface area (TPSA) is 29.1 Å². The summed E-state index contributed by atoms with van der Waals surface area (Å²) < 4.78 is -0.0162. The molecule has 0 aromatic heterocycles. The van der Waals surface area contributed by atoms with Crippen LogP contribution in [0.3, 0.4) is 0 Å². The Balaban J connectivity index is 0. The summed E-state index contributed by atoms with van der Waals surface area (Å²) in [6.45, 7) is 6.40. The molecule has 0 saturated carbocycles. The molecular weight excluding hydrogens is 274 g/mol. The van der Waals surface area contributed by atoms with E-state index in [2.05, 4.69) is 57.9 Å². The van der Waals surface area contributed by atoms with E-state index in [4.69, 9.17) is 0 Å². The van der Waals surface area contributed by atoms with Gasteiger partial charge in [0.1, 0.15) is 0 Å². The minimum atomic E-state index is -0.0162. The van der Waals surface area contributed by atoms with Crippen molar-refractivity contribution in [3.8, 4) is 0 Å². The van der Waals surface area contributed by atoms with Crippen LogP contribution in [0.15, 0.2) is 0 Å². The van der Waals surface area contributed by atoms with Gasteiger partial charge in [0.2, 0.25) is 4.69 Å². The maximum Gasteiger partial charge on any atom is 0.208 e. The quantitative estimate of drug-likeness (QED) is 0.593. The van der Waals surface area contributed by atoms with Gasteiger partial charge in [0.05, 0.1) is 5.33 Å². The Labute approximate surface area is 85.4 Å². The monoisotopic (exact) mass is 287 g/mol. The maximum atomic E-state index is 9.68. The Bertz CT molecular complexity index is 109. The molecule has 0 aromatic rings. The van der Waals surface area contributed by atoms with Gasteiger partial charge in [-0.2, -0.15) is 0 Å². The molecule has 0 rings (SSSR count). The number of carbonyl (C=O) groups is 1. The van der Waals surface area contributed by atoms with Gasteiger partial charge >= 0.3 is 0 Å². The van der Waals surface area contributed by atoms with Gasteiger partial charge in [-0.25, -0.2) is 0 Å². The Morgan fingerprint density at radius 2 is 1.64 bits per heavy atom. The predicted octanol–water partition coefficient (Wildman–Crippen LogP) is 2.31. The molecule has 0 aliphatic heterocycles. The highest BCUT2D eigenvalue weighted by Crippen LogP contribution is 1.93. The number of nitrogens with one attached hydrogen (secondary N) is 1. The van der Waals surface area contributed by atoms with E-state index in [0.717, 1.165) is 0 Å². The van der Waals surface area contributed by atoms with Crippen molar-refractivity contribution in [1.29, 1.82) is 0 Å². The van der Waals surface area contributed by atoms with Crippen molar-refractivity contribution >= 4 is 36.6 Å². The molecule has 0 bridgehead atoms. The molecule has 0 saturated heterocycles. The Morgan fingerprint density at radius 1 is 1.45 bits per heavy atom. The fourth-order valence-electron chi connectivity index (χ4n) is 0. The molecule has 0 atom stereocenters. The smallest absolute Gasteiger partial charge is 0.208 e. The molecule has 0 fully saturated rings. The van der Waals surface area contributed by atoms with Crippen LogP contribution in [0.5, 0.6) is 0 Å². The molecule has 11 heavy (non-hydrogen) atoms. The first-order valence-corrected chi connectivity index (χ1v) is 5.18. The SMILES string of the molecule is CNC(C)(C)C.O=C(Br)CBr. The Hall–Kier alpha value is 0.590. The van der Waals surface area contributed by atoms with E-state index in [1.165, 1.54) is 0 Å². The second-order valence-electron chi connectivity index (χ2n) is 2.99. The van der Waals surface area contributed by atoms with Gasteiger partial charge in [0.15, 0.2) is 0 Å². The van der Waals surface area contributed by atoms with Crippen LogP contribution in [0.25, 0.3) is 0 Å². The second kappa shape index (κ2) is 7.25. The number of hydrogen-bond donors (Lipinski definition) is 1. The highest BCUT2D eigenvalue weighted by molar-refractivity contribution is 9.19. The molecule has 0 spiro atoms. The lowest BCUT2D eigenvalue weighted by atomic mass is 10.1. The average Bonchev–Trinajstić information content (AvgIpc) is 1.88. The average molecular weight is 289 g/mol. The van der Waals surface area contributed by atoms with Gasteiger partial charge in [-0.15, -0.1) is 0 Å². The summed E-state index contributed by atoms with van der Waals surface area (Å²) in [5, 5.41) is 3.50. The summed E-state index contributed by atoms with van der Waals surface area (Å²) >= 11 is 5.60. The number of hydrogen-bond acceptors (Lipinski definition) is 2. The van der Waals surface area contributed by atoms with Crippen LogP contribution in [0, 0.1) is 0 Å². The van der Waals surface area contributed by atoms with Crippen LogP contribution in [0.1, 0.15) is 20.8 Å². The molecule has 4 heteroatoms. The van der Waals surface area contributed by atoms with Crippen molar-refractivity contribution < 1.29 is 4.79 Å². The Kier molecular flexibility index (Phi) is 9.32. The van der Waals surface area contributed by atoms with Crippen LogP contribution in [-0.2, 0) is 4.79 Å². The standard InChI is InChI=1S/C5H13N.C2H2Br2O/c1-5(2,3)6-4;3-1-2(4)5/h6H,1-4H3;1H2. The van der Waals surface area contributed by atoms with Crippen LogP contribution in [0.4, 0.5) is 0 Å². The van der Waals surface area contributed by atoms with Gasteiger partial charge in [0.25, 0.3) is 0 Å². The first-order chi connectivity index (χ1) is 4.83. The fraction of sp³-hybridized carbons (Fsp3) is 0.857. The Morgan fingerprint density at radius 3 is 1.64 bits per heavy atom. The zero-order chi connectivity index (χ0) is 9.49. The summed E-state index contributed by atoms with van der Waals surface area (Å²) in [7, 11) is 1.96. The molecule has 0 aromatic carbocycles. The van der Waals surface area contributed by atoms with Crippen molar-refractivity contribution in [2.75, 3.05) is 12.4 Å². The van der Waals surface area contributed by atoms with E-state index < -0.39 is 0 Å². The lowest BCUT2D eigenvalue weighted by molar-refractivity contribution is -0.108. The van der Waals surface area contributed by atoms with E-state index >= 15 is 0 Å². The van der Waals surface area contributed by atoms with E-state index in [1.807, 2.05) is 7.05 Å². The lowest BCUT2D eigenvalue weighted by Crippen LogP contribution is -2.31. The van der Waals surface area contributed by atoms with Gasteiger partial charge in [-0.3, -0.25) is 4.79 Å². The number of rotatable bonds is 1. The van der Waals surface area contributed by atoms with E-state index in [-0.39, 0.29) is 4.69 Å². The summed E-state index contributed by atoms with van der Waals surface area (Å²) in [5.41, 5.74) is 0.292. The first-order valence-electron chi connectivity index (χ1n) is 3.26. The van der Waals surface area contributed by atoms with Crippen molar-refractivity contribution in [2.24, 2.45) is 0 Å². The van der Waals surface area contributed by atoms with Gasteiger partial charge in [-0.1, -0.05) is 15.9 Å². The minimum Gasteiger partial charge on any atom is -0.315 e. The van der Waals surface area contributed by atoms with Gasteiger partial charge in [0, 0.05) is 5.54 Å². The van der Waals surface area contributed by atoms with Crippen LogP contribution >= 0.6 is 31.9 Å². The largest absolute Gasteiger partial charge is 0.315 e. The van der Waals surface area contributed by atoms with Crippen molar-refractivity contribution in [3.63, 3.8) is 0 Å². The molecule has 0 aliphatic carbocycles. The third kappa shape index (κ3) is 25.0. The van der Waals surface area contributed by atoms with Crippen molar-refractivity contribution in [3.05, 3.63) is 0 Å². The zero-order valence-electron chi connectivity index (χ0n) is 7.37. The summed E-state index contributed by atoms with van der Waals surface area (Å²) in [6.07, 6.45) is 0. The molecule has 2 nitrogen and oxygen atoms in total. The number of carbonyl (C=O) groups excluding carboxylic acids is 1. The van der Waals surface area contributed by atoms with E-state index in [9.17, 15) is 4.79 Å². The fourth-order valence-corrected chi connectivity index (χ4v) is 0. The molecule has 68 valence electrons. The highest BCUT2D eigenvalue weighted by Gasteiger charge is 2.01. The van der Waals surface area contributed by atoms with Crippen LogP contribution < -0.4 is 5.32 Å². The van der Waals surface area contributed by atoms with E-state index in [1.54, 1.807) is 0 Å². The van der Waals surface area contributed by atoms with Crippen molar-refractivity contribution in [1.82, 2.24) is 5.32 Å². The lowest BCUT2D eigenvalue weighted by Gasteiger charge is -2.15. The molecule has 0 heterocycles. The van der Waals surface area contributed by atoms with Gasteiger partial charge in [-0.05, 0) is 43.7 Å². The molecule has 1 N–H and O–H groups in total. The molecule has 0 radical (unpaired) electrons. The van der Waals surface area contributed by atoms with E-state index in [0.29, 0.717) is 10.9 Å². The number of halogens is 2.